The van der Waals surface area contributed by atoms with Crippen molar-refractivity contribution in [2.45, 2.75) is 6.92 Å². The van der Waals surface area contributed by atoms with Crippen LogP contribution in [0.15, 0.2) is 60.8 Å². The van der Waals surface area contributed by atoms with Crippen molar-refractivity contribution in [2.75, 3.05) is 5.32 Å². The highest BCUT2D eigenvalue weighted by Crippen LogP contribution is 2.24. The molecule has 0 saturated heterocycles. The maximum Gasteiger partial charge on any atom is 0.258 e. The van der Waals surface area contributed by atoms with Crippen LogP contribution in [0.3, 0.4) is 0 Å². The maximum absolute atomic E-state index is 12.7. The van der Waals surface area contributed by atoms with E-state index in [4.69, 9.17) is 0 Å². The highest BCUT2D eigenvalue weighted by molar-refractivity contribution is 6.14. The highest BCUT2D eigenvalue weighted by atomic mass is 16.1. The lowest BCUT2D eigenvalue weighted by molar-refractivity contribution is 0.102. The lowest BCUT2D eigenvalue weighted by Crippen LogP contribution is -2.12. The molecule has 4 nitrogen and oxygen atoms in total. The van der Waals surface area contributed by atoms with Gasteiger partial charge in [0.2, 0.25) is 0 Å². The van der Waals surface area contributed by atoms with E-state index < -0.39 is 0 Å². The predicted molar refractivity (Wildman–Crippen MR) is 92.7 cm³/mol. The van der Waals surface area contributed by atoms with Gasteiger partial charge in [0.15, 0.2) is 0 Å². The van der Waals surface area contributed by atoms with E-state index in [-0.39, 0.29) is 5.91 Å². The first kappa shape index (κ1) is 13.5. The highest BCUT2D eigenvalue weighted by Gasteiger charge is 2.15. The molecular formula is C19H15N3O. The standard InChI is InChI=1S/C19H15N3O/c1-12-18(15-6-2-3-7-17(15)21-12)19(23)22-14-8-9-16-13(11-14)5-4-10-20-16/h2-11,21H,1H3,(H,22,23). The number of H-pyrrole nitrogens is 1. The number of amides is 1. The Balaban J connectivity index is 1.72. The molecule has 2 heterocycles. The molecule has 0 aliphatic heterocycles. The lowest BCUT2D eigenvalue weighted by Gasteiger charge is -2.07. The molecule has 1 amide bonds. The largest absolute Gasteiger partial charge is 0.358 e. The number of hydrogen-bond acceptors (Lipinski definition) is 2. The van der Waals surface area contributed by atoms with Crippen molar-refractivity contribution in [2.24, 2.45) is 0 Å². The molecule has 4 rings (SSSR count). The molecule has 23 heavy (non-hydrogen) atoms. The monoisotopic (exact) mass is 301 g/mol. The van der Waals surface area contributed by atoms with Crippen molar-refractivity contribution >= 4 is 33.4 Å². The van der Waals surface area contributed by atoms with Gasteiger partial charge in [-0.2, -0.15) is 0 Å². The number of aryl methyl sites for hydroxylation is 1. The van der Waals surface area contributed by atoms with E-state index in [1.807, 2.05) is 61.5 Å². The normalized spacial score (nSPS) is 11.0. The van der Waals surface area contributed by atoms with E-state index in [0.29, 0.717) is 5.56 Å². The Morgan fingerprint density at radius 1 is 1.09 bits per heavy atom. The minimum absolute atomic E-state index is 0.108. The number of nitrogens with one attached hydrogen (secondary N) is 2. The minimum atomic E-state index is -0.108. The van der Waals surface area contributed by atoms with Crippen LogP contribution in [0.1, 0.15) is 16.1 Å². The second kappa shape index (κ2) is 5.25. The summed E-state index contributed by atoms with van der Waals surface area (Å²) in [6.07, 6.45) is 1.76. The molecule has 0 spiro atoms. The number of anilines is 1. The number of para-hydroxylation sites is 1. The van der Waals surface area contributed by atoms with Crippen LogP contribution in [0, 0.1) is 6.92 Å². The van der Waals surface area contributed by atoms with Crippen molar-refractivity contribution in [3.63, 3.8) is 0 Å². The van der Waals surface area contributed by atoms with E-state index in [1.165, 1.54) is 0 Å². The maximum atomic E-state index is 12.7. The van der Waals surface area contributed by atoms with Gasteiger partial charge >= 0.3 is 0 Å². The number of hydrogen-bond donors (Lipinski definition) is 2. The van der Waals surface area contributed by atoms with Crippen LogP contribution in [0.5, 0.6) is 0 Å². The molecule has 4 aromatic rings. The SMILES string of the molecule is Cc1[nH]c2ccccc2c1C(=O)Nc1ccc2ncccc2c1. The van der Waals surface area contributed by atoms with E-state index in [0.717, 1.165) is 33.2 Å². The molecule has 0 aliphatic rings. The molecular weight excluding hydrogens is 286 g/mol. The zero-order valence-corrected chi connectivity index (χ0v) is 12.6. The zero-order chi connectivity index (χ0) is 15.8. The predicted octanol–water partition coefficient (Wildman–Crippen LogP) is 4.28. The van der Waals surface area contributed by atoms with E-state index in [2.05, 4.69) is 15.3 Å². The molecule has 0 bridgehead atoms. The van der Waals surface area contributed by atoms with E-state index in [9.17, 15) is 4.79 Å². The molecule has 0 saturated carbocycles. The van der Waals surface area contributed by atoms with Crippen molar-refractivity contribution in [3.8, 4) is 0 Å². The van der Waals surface area contributed by atoms with Crippen LogP contribution < -0.4 is 5.32 Å². The minimum Gasteiger partial charge on any atom is -0.358 e. The Morgan fingerprint density at radius 2 is 1.96 bits per heavy atom. The van der Waals surface area contributed by atoms with Gasteiger partial charge in [0.25, 0.3) is 5.91 Å². The third-order valence-corrected chi connectivity index (χ3v) is 3.98. The van der Waals surface area contributed by atoms with Crippen LogP contribution in [0.4, 0.5) is 5.69 Å². The van der Waals surface area contributed by atoms with Crippen LogP contribution in [-0.2, 0) is 0 Å². The quantitative estimate of drug-likeness (QED) is 0.580. The van der Waals surface area contributed by atoms with Crippen molar-refractivity contribution in [1.29, 1.82) is 0 Å². The van der Waals surface area contributed by atoms with Crippen LogP contribution in [0.25, 0.3) is 21.8 Å². The van der Waals surface area contributed by atoms with Gasteiger partial charge < -0.3 is 10.3 Å². The molecule has 2 N–H and O–H groups in total. The van der Waals surface area contributed by atoms with Gasteiger partial charge in [0.05, 0.1) is 11.1 Å². The summed E-state index contributed by atoms with van der Waals surface area (Å²) in [4.78, 5) is 20.2. The molecule has 112 valence electrons. The number of nitrogens with zero attached hydrogens (tertiary/aromatic N) is 1. The van der Waals surface area contributed by atoms with Crippen LogP contribution >= 0.6 is 0 Å². The smallest absolute Gasteiger partial charge is 0.258 e. The molecule has 0 unspecified atom stereocenters. The summed E-state index contributed by atoms with van der Waals surface area (Å²) < 4.78 is 0. The van der Waals surface area contributed by atoms with Gasteiger partial charge in [-0.25, -0.2) is 0 Å². The third kappa shape index (κ3) is 2.34. The summed E-state index contributed by atoms with van der Waals surface area (Å²) >= 11 is 0. The second-order valence-corrected chi connectivity index (χ2v) is 5.54. The van der Waals surface area contributed by atoms with E-state index in [1.54, 1.807) is 6.20 Å². The molecule has 4 heteroatoms. The molecule has 0 atom stereocenters. The summed E-state index contributed by atoms with van der Waals surface area (Å²) in [6, 6.07) is 17.4. The van der Waals surface area contributed by atoms with Crippen molar-refractivity contribution in [3.05, 3.63) is 72.1 Å². The molecule has 0 radical (unpaired) electrons. The number of pyridine rings is 1. The van der Waals surface area contributed by atoms with Gasteiger partial charge in [-0.3, -0.25) is 9.78 Å². The second-order valence-electron chi connectivity index (χ2n) is 5.54. The summed E-state index contributed by atoms with van der Waals surface area (Å²) in [5, 5.41) is 4.92. The number of fused-ring (bicyclic) bond motifs is 2. The average molecular weight is 301 g/mol. The van der Waals surface area contributed by atoms with Crippen LogP contribution in [-0.4, -0.2) is 15.9 Å². The fraction of sp³-hybridized carbons (Fsp3) is 0.0526. The lowest BCUT2D eigenvalue weighted by atomic mass is 10.1. The fourth-order valence-corrected chi connectivity index (χ4v) is 2.92. The Labute approximate surface area is 133 Å². The summed E-state index contributed by atoms with van der Waals surface area (Å²) in [5.41, 5.74) is 4.20. The summed E-state index contributed by atoms with van der Waals surface area (Å²) in [7, 11) is 0. The number of carbonyl (C=O) groups excluding carboxylic acids is 1. The van der Waals surface area contributed by atoms with Gasteiger partial charge in [0.1, 0.15) is 0 Å². The summed E-state index contributed by atoms with van der Waals surface area (Å²) in [6.45, 7) is 1.92. The Bertz CT molecular complexity index is 1030. The van der Waals surface area contributed by atoms with Crippen LogP contribution in [0.2, 0.25) is 0 Å². The van der Waals surface area contributed by atoms with Gasteiger partial charge in [0, 0.05) is 33.9 Å². The first-order valence-corrected chi connectivity index (χ1v) is 7.46. The van der Waals surface area contributed by atoms with Gasteiger partial charge in [-0.15, -0.1) is 0 Å². The first-order valence-electron chi connectivity index (χ1n) is 7.46. The topological polar surface area (TPSA) is 57.8 Å². The fourth-order valence-electron chi connectivity index (χ4n) is 2.92. The van der Waals surface area contributed by atoms with E-state index >= 15 is 0 Å². The molecule has 2 aromatic carbocycles. The number of aromatic nitrogens is 2. The third-order valence-electron chi connectivity index (χ3n) is 3.98. The molecule has 2 aromatic heterocycles. The number of rotatable bonds is 2. The Morgan fingerprint density at radius 3 is 2.87 bits per heavy atom. The molecule has 0 aliphatic carbocycles. The number of carbonyl (C=O) groups is 1. The Kier molecular flexibility index (Phi) is 3.08. The van der Waals surface area contributed by atoms with Gasteiger partial charge in [-0.05, 0) is 37.3 Å². The van der Waals surface area contributed by atoms with Gasteiger partial charge in [-0.1, -0.05) is 24.3 Å². The summed E-state index contributed by atoms with van der Waals surface area (Å²) in [5.74, 6) is -0.108. The zero-order valence-electron chi connectivity index (χ0n) is 12.6. The van der Waals surface area contributed by atoms with Crippen molar-refractivity contribution in [1.82, 2.24) is 9.97 Å². The van der Waals surface area contributed by atoms with Crippen molar-refractivity contribution < 1.29 is 4.79 Å². The average Bonchev–Trinajstić information content (AvgIpc) is 2.90. The molecule has 0 fully saturated rings. The Hall–Kier alpha value is -3.14. The number of benzene rings is 2. The number of aromatic amines is 1. The first-order chi connectivity index (χ1) is 11.2.